The van der Waals surface area contributed by atoms with Crippen LogP contribution in [0.1, 0.15) is 48.9 Å². The molecule has 0 amide bonds. The number of anilines is 1. The number of piperidine rings is 1. The highest BCUT2D eigenvalue weighted by molar-refractivity contribution is 5.69. The minimum Gasteiger partial charge on any atom is -0.481 e. The highest BCUT2D eigenvalue weighted by Crippen LogP contribution is 2.31. The largest absolute Gasteiger partial charge is 0.481 e. The third kappa shape index (κ3) is 2.71. The van der Waals surface area contributed by atoms with Crippen LogP contribution in [-0.2, 0) is 17.6 Å². The van der Waals surface area contributed by atoms with Crippen LogP contribution in [0.15, 0.2) is 6.07 Å². The lowest BCUT2D eigenvalue weighted by Crippen LogP contribution is -2.42. The highest BCUT2D eigenvalue weighted by Gasteiger charge is 2.28. The number of carbonyl (C=O) groups is 1. The van der Waals surface area contributed by atoms with Gasteiger partial charge in [0, 0.05) is 18.3 Å². The van der Waals surface area contributed by atoms with Gasteiger partial charge in [-0.05, 0) is 50.2 Å². The predicted octanol–water partition coefficient (Wildman–Crippen LogP) is 2.28. The molecular formula is C16H19N3O2. The van der Waals surface area contributed by atoms with Crippen molar-refractivity contribution in [3.8, 4) is 6.07 Å². The van der Waals surface area contributed by atoms with Crippen molar-refractivity contribution in [2.24, 2.45) is 0 Å². The second-order valence-corrected chi connectivity index (χ2v) is 5.87. The summed E-state index contributed by atoms with van der Waals surface area (Å²) in [6.07, 6.45) is 6.09. The topological polar surface area (TPSA) is 77.2 Å². The Morgan fingerprint density at radius 3 is 3.05 bits per heavy atom. The fourth-order valence-electron chi connectivity index (χ4n) is 3.46. The van der Waals surface area contributed by atoms with Crippen LogP contribution in [0.3, 0.4) is 0 Å². The van der Waals surface area contributed by atoms with Crippen LogP contribution >= 0.6 is 0 Å². The predicted molar refractivity (Wildman–Crippen MR) is 78.2 cm³/mol. The van der Waals surface area contributed by atoms with Crippen molar-refractivity contribution in [1.29, 1.82) is 5.26 Å². The Bertz CT molecular complexity index is 606. The number of aryl methyl sites for hydroxylation is 2. The first-order valence-electron chi connectivity index (χ1n) is 7.60. The van der Waals surface area contributed by atoms with Gasteiger partial charge in [-0.1, -0.05) is 0 Å². The highest BCUT2D eigenvalue weighted by atomic mass is 16.4. The Hall–Kier alpha value is -2.09. The summed E-state index contributed by atoms with van der Waals surface area (Å²) >= 11 is 0. The van der Waals surface area contributed by atoms with Gasteiger partial charge in [-0.2, -0.15) is 5.26 Å². The number of fused-ring (bicyclic) bond motifs is 1. The maximum absolute atomic E-state index is 11.1. The average Bonchev–Trinajstić information content (AvgIpc) is 2.93. The molecule has 2 aliphatic rings. The number of hydrogen-bond acceptors (Lipinski definition) is 4. The molecule has 3 rings (SSSR count). The van der Waals surface area contributed by atoms with Gasteiger partial charge in [-0.3, -0.25) is 4.79 Å². The Morgan fingerprint density at radius 2 is 2.29 bits per heavy atom. The number of nitrogens with zero attached hydrogens (tertiary/aromatic N) is 3. The summed E-state index contributed by atoms with van der Waals surface area (Å²) < 4.78 is 0. The molecule has 5 heteroatoms. The second kappa shape index (κ2) is 5.72. The standard InChI is InChI=1S/C16H19N3O2/c17-10-12-8-11-4-3-6-14(11)18-16(12)19-7-2-1-5-13(19)9-15(20)21/h8,13H,1-7,9H2,(H,20,21). The van der Waals surface area contributed by atoms with E-state index in [9.17, 15) is 10.1 Å². The third-order valence-electron chi connectivity index (χ3n) is 4.46. The molecule has 1 aliphatic carbocycles. The summed E-state index contributed by atoms with van der Waals surface area (Å²) in [5.41, 5.74) is 2.86. The molecule has 1 aromatic rings. The molecule has 1 aliphatic heterocycles. The Morgan fingerprint density at radius 1 is 1.43 bits per heavy atom. The fraction of sp³-hybridized carbons (Fsp3) is 0.562. The second-order valence-electron chi connectivity index (χ2n) is 5.87. The van der Waals surface area contributed by atoms with Crippen LogP contribution < -0.4 is 4.90 Å². The van der Waals surface area contributed by atoms with Crippen molar-refractivity contribution in [3.63, 3.8) is 0 Å². The van der Waals surface area contributed by atoms with Crippen LogP contribution in [0.5, 0.6) is 0 Å². The van der Waals surface area contributed by atoms with Crippen molar-refractivity contribution in [2.75, 3.05) is 11.4 Å². The number of carboxylic acid groups (broad SMARTS) is 1. The Labute approximate surface area is 124 Å². The molecule has 1 fully saturated rings. The number of aromatic nitrogens is 1. The summed E-state index contributed by atoms with van der Waals surface area (Å²) in [4.78, 5) is 17.8. The molecule has 1 atom stereocenters. The average molecular weight is 285 g/mol. The van der Waals surface area contributed by atoms with E-state index in [1.807, 2.05) is 6.07 Å². The van der Waals surface area contributed by atoms with Crippen LogP contribution in [-0.4, -0.2) is 28.6 Å². The normalized spacial score (nSPS) is 20.9. The number of aliphatic carboxylic acids is 1. The van der Waals surface area contributed by atoms with E-state index in [0.717, 1.165) is 50.8 Å². The first-order valence-corrected chi connectivity index (χ1v) is 7.60. The third-order valence-corrected chi connectivity index (χ3v) is 4.46. The van der Waals surface area contributed by atoms with E-state index >= 15 is 0 Å². The van der Waals surface area contributed by atoms with E-state index in [4.69, 9.17) is 10.1 Å². The Kier molecular flexibility index (Phi) is 3.78. The van der Waals surface area contributed by atoms with Gasteiger partial charge in [0.15, 0.2) is 0 Å². The summed E-state index contributed by atoms with van der Waals surface area (Å²) in [6, 6.07) is 4.15. The first kappa shape index (κ1) is 13.9. The number of carboxylic acids is 1. The van der Waals surface area contributed by atoms with Crippen LogP contribution in [0.2, 0.25) is 0 Å². The Balaban J connectivity index is 1.97. The van der Waals surface area contributed by atoms with E-state index in [1.54, 1.807) is 0 Å². The molecule has 1 unspecified atom stereocenters. The van der Waals surface area contributed by atoms with Gasteiger partial charge in [0.2, 0.25) is 0 Å². The van der Waals surface area contributed by atoms with Crippen molar-refractivity contribution < 1.29 is 9.90 Å². The summed E-state index contributed by atoms with van der Waals surface area (Å²) in [5, 5.41) is 18.5. The fourth-order valence-corrected chi connectivity index (χ4v) is 3.46. The SMILES string of the molecule is N#Cc1cc2c(nc1N1CCCCC1CC(=O)O)CCC2. The zero-order chi connectivity index (χ0) is 14.8. The maximum Gasteiger partial charge on any atom is 0.305 e. The van der Waals surface area contributed by atoms with Crippen LogP contribution in [0, 0.1) is 11.3 Å². The number of nitriles is 1. The molecule has 1 aromatic heterocycles. The molecule has 0 spiro atoms. The maximum atomic E-state index is 11.1. The molecule has 110 valence electrons. The van der Waals surface area contributed by atoms with Gasteiger partial charge in [0.1, 0.15) is 11.9 Å². The van der Waals surface area contributed by atoms with E-state index < -0.39 is 5.97 Å². The zero-order valence-corrected chi connectivity index (χ0v) is 12.0. The van der Waals surface area contributed by atoms with Gasteiger partial charge >= 0.3 is 5.97 Å². The monoisotopic (exact) mass is 285 g/mol. The molecule has 0 radical (unpaired) electrons. The molecule has 1 N–H and O–H groups in total. The summed E-state index contributed by atoms with van der Waals surface area (Å²) in [7, 11) is 0. The lowest BCUT2D eigenvalue weighted by atomic mass is 9.98. The van der Waals surface area contributed by atoms with Gasteiger partial charge in [-0.25, -0.2) is 4.98 Å². The smallest absolute Gasteiger partial charge is 0.305 e. The molecule has 0 bridgehead atoms. The lowest BCUT2D eigenvalue weighted by molar-refractivity contribution is -0.137. The minimum absolute atomic E-state index is 0.0460. The van der Waals surface area contributed by atoms with E-state index in [0.29, 0.717) is 11.4 Å². The van der Waals surface area contributed by atoms with Gasteiger partial charge in [0.05, 0.1) is 12.0 Å². The molecular weight excluding hydrogens is 266 g/mol. The van der Waals surface area contributed by atoms with E-state index in [-0.39, 0.29) is 12.5 Å². The minimum atomic E-state index is -0.786. The quantitative estimate of drug-likeness (QED) is 0.921. The van der Waals surface area contributed by atoms with Crippen LogP contribution in [0.4, 0.5) is 5.82 Å². The molecule has 0 aromatic carbocycles. The van der Waals surface area contributed by atoms with Crippen molar-refractivity contribution in [2.45, 2.75) is 51.0 Å². The van der Waals surface area contributed by atoms with Gasteiger partial charge < -0.3 is 10.0 Å². The van der Waals surface area contributed by atoms with E-state index in [2.05, 4.69) is 11.0 Å². The van der Waals surface area contributed by atoms with Crippen LogP contribution in [0.25, 0.3) is 0 Å². The molecule has 1 saturated heterocycles. The van der Waals surface area contributed by atoms with Gasteiger partial charge in [0.25, 0.3) is 0 Å². The van der Waals surface area contributed by atoms with Crippen molar-refractivity contribution in [1.82, 2.24) is 4.98 Å². The van der Waals surface area contributed by atoms with E-state index in [1.165, 1.54) is 5.56 Å². The van der Waals surface area contributed by atoms with Crippen molar-refractivity contribution in [3.05, 3.63) is 22.9 Å². The molecule has 5 nitrogen and oxygen atoms in total. The number of hydrogen-bond donors (Lipinski definition) is 1. The summed E-state index contributed by atoms with van der Waals surface area (Å²) in [6.45, 7) is 0.790. The zero-order valence-electron chi connectivity index (χ0n) is 12.0. The number of pyridine rings is 1. The number of rotatable bonds is 3. The molecule has 0 saturated carbocycles. The van der Waals surface area contributed by atoms with Crippen molar-refractivity contribution >= 4 is 11.8 Å². The van der Waals surface area contributed by atoms with Gasteiger partial charge in [-0.15, -0.1) is 0 Å². The summed E-state index contributed by atoms with van der Waals surface area (Å²) in [5.74, 6) is -0.0873. The first-order chi connectivity index (χ1) is 10.2. The molecule has 2 heterocycles. The lowest BCUT2D eigenvalue weighted by Gasteiger charge is -2.36. The molecule has 21 heavy (non-hydrogen) atoms.